The monoisotopic (exact) mass is 319 g/mol. The Bertz CT molecular complexity index is 621. The van der Waals surface area contributed by atoms with Gasteiger partial charge in [0.25, 0.3) is 0 Å². The summed E-state index contributed by atoms with van der Waals surface area (Å²) in [5.74, 6) is -1.10. The number of aliphatic carboxylic acids is 1. The van der Waals surface area contributed by atoms with E-state index in [-0.39, 0.29) is 35.5 Å². The molecular formula is C12H21N3O5S. The third-order valence-electron chi connectivity index (χ3n) is 3.06. The van der Waals surface area contributed by atoms with Gasteiger partial charge in [-0.1, -0.05) is 0 Å². The Hall–Kier alpha value is -1.45. The van der Waals surface area contributed by atoms with Gasteiger partial charge in [-0.25, -0.2) is 8.42 Å². The summed E-state index contributed by atoms with van der Waals surface area (Å²) in [6.07, 6.45) is 0. The fraction of sp³-hybridized carbons (Fsp3) is 0.667. The molecule has 0 aromatic carbocycles. The zero-order chi connectivity index (χ0) is 16.4. The van der Waals surface area contributed by atoms with Crippen LogP contribution in [-0.4, -0.2) is 57.9 Å². The number of carbonyl (C=O) groups is 1. The van der Waals surface area contributed by atoms with E-state index >= 15 is 0 Å². The first kappa shape index (κ1) is 17.6. The van der Waals surface area contributed by atoms with Crippen molar-refractivity contribution in [3.8, 4) is 0 Å². The minimum Gasteiger partial charge on any atom is -0.480 e. The fourth-order valence-electron chi connectivity index (χ4n) is 2.21. The maximum atomic E-state index is 12.7. The zero-order valence-corrected chi connectivity index (χ0v) is 13.4. The first-order valence-corrected chi connectivity index (χ1v) is 7.95. The van der Waals surface area contributed by atoms with Crippen molar-refractivity contribution in [1.29, 1.82) is 0 Å². The number of aliphatic hydroxyl groups is 1. The highest BCUT2D eigenvalue weighted by Gasteiger charge is 2.32. The molecule has 0 saturated carbocycles. The molecule has 0 amide bonds. The Morgan fingerprint density at radius 1 is 1.38 bits per heavy atom. The smallest absolute Gasteiger partial charge is 0.325 e. The Balaban J connectivity index is 3.37. The van der Waals surface area contributed by atoms with E-state index in [2.05, 4.69) is 5.10 Å². The average molecular weight is 319 g/mol. The lowest BCUT2D eigenvalue weighted by Crippen LogP contribution is -2.39. The van der Waals surface area contributed by atoms with Gasteiger partial charge in [0, 0.05) is 12.6 Å². The van der Waals surface area contributed by atoms with Gasteiger partial charge in [-0.15, -0.1) is 0 Å². The van der Waals surface area contributed by atoms with Gasteiger partial charge in [0.1, 0.15) is 11.4 Å². The number of hydrogen-bond donors (Lipinski definition) is 2. The van der Waals surface area contributed by atoms with Gasteiger partial charge in [-0.2, -0.15) is 9.40 Å². The Morgan fingerprint density at radius 3 is 2.38 bits per heavy atom. The molecule has 21 heavy (non-hydrogen) atoms. The van der Waals surface area contributed by atoms with Crippen molar-refractivity contribution in [3.05, 3.63) is 11.4 Å². The Morgan fingerprint density at radius 2 is 1.95 bits per heavy atom. The third kappa shape index (κ3) is 3.60. The van der Waals surface area contributed by atoms with Gasteiger partial charge in [-0.05, 0) is 27.7 Å². The number of aliphatic hydroxyl groups excluding tert-OH is 1. The van der Waals surface area contributed by atoms with Crippen LogP contribution in [0.5, 0.6) is 0 Å². The van der Waals surface area contributed by atoms with Crippen LogP contribution in [0.25, 0.3) is 0 Å². The van der Waals surface area contributed by atoms with Crippen LogP contribution in [-0.2, 0) is 21.4 Å². The summed E-state index contributed by atoms with van der Waals surface area (Å²) in [7, 11) is -3.84. The Labute approximate surface area is 124 Å². The van der Waals surface area contributed by atoms with Gasteiger partial charge in [0.15, 0.2) is 0 Å². The maximum Gasteiger partial charge on any atom is 0.325 e. The number of nitrogens with zero attached hydrogens (tertiary/aromatic N) is 3. The van der Waals surface area contributed by atoms with Gasteiger partial charge in [-0.3, -0.25) is 9.48 Å². The SMILES string of the molecule is Cc1nn(CC(=O)O)c(C)c1S(=O)(=O)N(CCO)C(C)C. The molecule has 2 N–H and O–H groups in total. The van der Waals surface area contributed by atoms with Crippen molar-refractivity contribution < 1.29 is 23.4 Å². The molecule has 0 aliphatic heterocycles. The number of carboxylic acids is 1. The lowest BCUT2D eigenvalue weighted by molar-refractivity contribution is -0.137. The van der Waals surface area contributed by atoms with Crippen LogP contribution in [0.1, 0.15) is 25.2 Å². The lowest BCUT2D eigenvalue weighted by atomic mass is 10.4. The molecule has 0 aliphatic carbocycles. The van der Waals surface area contributed by atoms with Crippen LogP contribution >= 0.6 is 0 Å². The second kappa shape index (κ2) is 6.54. The summed E-state index contributed by atoms with van der Waals surface area (Å²) in [4.78, 5) is 10.8. The van der Waals surface area contributed by atoms with Crippen LogP contribution in [0.3, 0.4) is 0 Å². The number of aryl methyl sites for hydroxylation is 1. The van der Waals surface area contributed by atoms with Crippen molar-refractivity contribution in [2.45, 2.75) is 45.2 Å². The van der Waals surface area contributed by atoms with Crippen molar-refractivity contribution >= 4 is 16.0 Å². The molecular weight excluding hydrogens is 298 g/mol. The van der Waals surface area contributed by atoms with Crippen LogP contribution in [0.2, 0.25) is 0 Å². The quantitative estimate of drug-likeness (QED) is 0.730. The predicted molar refractivity (Wildman–Crippen MR) is 75.5 cm³/mol. The van der Waals surface area contributed by atoms with Crippen LogP contribution < -0.4 is 0 Å². The summed E-state index contributed by atoms with van der Waals surface area (Å²) >= 11 is 0. The average Bonchev–Trinajstić information content (AvgIpc) is 2.60. The van der Waals surface area contributed by atoms with E-state index in [9.17, 15) is 13.2 Å². The molecule has 1 heterocycles. The van der Waals surface area contributed by atoms with Crippen molar-refractivity contribution in [2.75, 3.05) is 13.2 Å². The summed E-state index contributed by atoms with van der Waals surface area (Å²) in [6.45, 7) is 5.74. The topological polar surface area (TPSA) is 113 Å². The van der Waals surface area contributed by atoms with E-state index in [4.69, 9.17) is 10.2 Å². The molecule has 0 spiro atoms. The molecule has 1 aromatic rings. The van der Waals surface area contributed by atoms with Gasteiger partial charge < -0.3 is 10.2 Å². The van der Waals surface area contributed by atoms with E-state index in [1.54, 1.807) is 13.8 Å². The minimum absolute atomic E-state index is 0.00546. The third-order valence-corrected chi connectivity index (χ3v) is 5.39. The molecule has 0 unspecified atom stereocenters. The van der Waals surface area contributed by atoms with E-state index in [1.807, 2.05) is 0 Å². The molecule has 0 radical (unpaired) electrons. The highest BCUT2D eigenvalue weighted by atomic mass is 32.2. The highest BCUT2D eigenvalue weighted by molar-refractivity contribution is 7.89. The zero-order valence-electron chi connectivity index (χ0n) is 12.6. The minimum atomic E-state index is -3.84. The van der Waals surface area contributed by atoms with E-state index < -0.39 is 22.5 Å². The van der Waals surface area contributed by atoms with E-state index in [0.717, 1.165) is 4.68 Å². The molecule has 0 fully saturated rings. The largest absolute Gasteiger partial charge is 0.480 e. The first-order valence-electron chi connectivity index (χ1n) is 6.51. The van der Waals surface area contributed by atoms with E-state index in [0.29, 0.717) is 0 Å². The number of rotatable bonds is 7. The van der Waals surface area contributed by atoms with Gasteiger partial charge in [0.2, 0.25) is 10.0 Å². The number of carboxylic acid groups (broad SMARTS) is 1. The predicted octanol–water partition coefficient (Wildman–Crippen LogP) is -0.0241. The summed E-state index contributed by atoms with van der Waals surface area (Å²) < 4.78 is 27.8. The molecule has 0 bridgehead atoms. The molecule has 120 valence electrons. The van der Waals surface area contributed by atoms with Crippen LogP contribution in [0, 0.1) is 13.8 Å². The molecule has 8 nitrogen and oxygen atoms in total. The molecule has 9 heteroatoms. The van der Waals surface area contributed by atoms with Gasteiger partial charge >= 0.3 is 5.97 Å². The second-order valence-electron chi connectivity index (χ2n) is 4.98. The summed E-state index contributed by atoms with van der Waals surface area (Å²) in [5.41, 5.74) is 0.524. The fourth-order valence-corrected chi connectivity index (χ4v) is 4.21. The lowest BCUT2D eigenvalue weighted by Gasteiger charge is -2.25. The van der Waals surface area contributed by atoms with Crippen molar-refractivity contribution in [2.24, 2.45) is 0 Å². The number of aromatic nitrogens is 2. The summed E-state index contributed by atoms with van der Waals surface area (Å²) in [5, 5.41) is 21.9. The molecule has 1 aromatic heterocycles. The van der Waals surface area contributed by atoms with Crippen molar-refractivity contribution in [1.82, 2.24) is 14.1 Å². The number of sulfonamides is 1. The second-order valence-corrected chi connectivity index (χ2v) is 6.81. The van der Waals surface area contributed by atoms with Crippen molar-refractivity contribution in [3.63, 3.8) is 0 Å². The maximum absolute atomic E-state index is 12.7. The van der Waals surface area contributed by atoms with Crippen LogP contribution in [0.4, 0.5) is 0 Å². The van der Waals surface area contributed by atoms with E-state index in [1.165, 1.54) is 18.2 Å². The highest BCUT2D eigenvalue weighted by Crippen LogP contribution is 2.24. The summed E-state index contributed by atoms with van der Waals surface area (Å²) in [6, 6.07) is -0.330. The molecule has 0 saturated heterocycles. The van der Waals surface area contributed by atoms with Gasteiger partial charge in [0.05, 0.1) is 18.0 Å². The Kier molecular flexibility index (Phi) is 5.48. The van der Waals surface area contributed by atoms with Crippen LogP contribution in [0.15, 0.2) is 4.90 Å². The first-order chi connectivity index (χ1) is 9.62. The molecule has 1 rings (SSSR count). The standard InChI is InChI=1S/C12H21N3O5S/c1-8(2)15(5-6-16)21(19,20)12-9(3)13-14(10(12)4)7-11(17)18/h8,16H,5-7H2,1-4H3,(H,17,18). The number of hydrogen-bond acceptors (Lipinski definition) is 5. The normalized spacial score (nSPS) is 12.3. The molecule has 0 atom stereocenters. The molecule has 0 aliphatic rings.